The summed E-state index contributed by atoms with van der Waals surface area (Å²) < 4.78 is 16.9. The summed E-state index contributed by atoms with van der Waals surface area (Å²) in [5, 5.41) is 4.30. The first-order valence-corrected chi connectivity index (χ1v) is 12.3. The van der Waals surface area contributed by atoms with Gasteiger partial charge in [0.1, 0.15) is 0 Å². The SMILES string of the molecule is CCc1cccc2c(C(CC(=O)NCCCN3CCOCC3)c3cccc4c3OCO4)c[nH]c12. The average molecular weight is 464 g/mol. The molecule has 2 N–H and O–H groups in total. The largest absolute Gasteiger partial charge is 0.454 e. The van der Waals surface area contributed by atoms with E-state index in [4.69, 9.17) is 14.2 Å². The molecule has 180 valence electrons. The fourth-order valence-corrected chi connectivity index (χ4v) is 5.05. The van der Waals surface area contributed by atoms with Gasteiger partial charge in [0, 0.05) is 54.6 Å². The van der Waals surface area contributed by atoms with Crippen LogP contribution < -0.4 is 14.8 Å². The van der Waals surface area contributed by atoms with E-state index in [0.717, 1.165) is 79.2 Å². The van der Waals surface area contributed by atoms with E-state index in [-0.39, 0.29) is 18.6 Å². The summed E-state index contributed by atoms with van der Waals surface area (Å²) in [5.74, 6) is 1.39. The van der Waals surface area contributed by atoms with Gasteiger partial charge in [-0.25, -0.2) is 0 Å². The minimum absolute atomic E-state index is 0.0458. The molecule has 34 heavy (non-hydrogen) atoms. The number of nitrogens with zero attached hydrogens (tertiary/aromatic N) is 1. The minimum Gasteiger partial charge on any atom is -0.454 e. The molecule has 1 fully saturated rings. The van der Waals surface area contributed by atoms with Crippen LogP contribution in [0.2, 0.25) is 0 Å². The Kier molecular flexibility index (Phi) is 7.02. The lowest BCUT2D eigenvalue weighted by Crippen LogP contribution is -2.38. The zero-order chi connectivity index (χ0) is 23.3. The molecule has 0 aliphatic carbocycles. The molecule has 3 aromatic rings. The molecule has 0 spiro atoms. The van der Waals surface area contributed by atoms with E-state index in [2.05, 4.69) is 46.5 Å². The minimum atomic E-state index is -0.142. The predicted molar refractivity (Wildman–Crippen MR) is 132 cm³/mol. The van der Waals surface area contributed by atoms with Gasteiger partial charge in [-0.05, 0) is 36.6 Å². The van der Waals surface area contributed by atoms with Crippen molar-refractivity contribution in [3.63, 3.8) is 0 Å². The molecule has 1 aromatic heterocycles. The van der Waals surface area contributed by atoms with E-state index in [1.54, 1.807) is 0 Å². The van der Waals surface area contributed by atoms with E-state index in [1.165, 1.54) is 5.56 Å². The highest BCUT2D eigenvalue weighted by molar-refractivity contribution is 5.88. The molecule has 1 unspecified atom stereocenters. The summed E-state index contributed by atoms with van der Waals surface area (Å²) in [5.41, 5.74) is 4.51. The molecule has 2 aliphatic rings. The summed E-state index contributed by atoms with van der Waals surface area (Å²) in [6.07, 6.45) is 4.28. The number of fused-ring (bicyclic) bond motifs is 2. The maximum atomic E-state index is 13.1. The Labute approximate surface area is 200 Å². The van der Waals surface area contributed by atoms with Crippen molar-refractivity contribution in [3.05, 3.63) is 59.3 Å². The Balaban J connectivity index is 1.35. The van der Waals surface area contributed by atoms with Gasteiger partial charge in [-0.3, -0.25) is 9.69 Å². The summed E-state index contributed by atoms with van der Waals surface area (Å²) in [7, 11) is 0. The number of aryl methyl sites for hydroxylation is 1. The van der Waals surface area contributed by atoms with Gasteiger partial charge in [-0.2, -0.15) is 0 Å². The van der Waals surface area contributed by atoms with Gasteiger partial charge >= 0.3 is 0 Å². The van der Waals surface area contributed by atoms with Crippen molar-refractivity contribution in [2.75, 3.05) is 46.2 Å². The number of hydrogen-bond acceptors (Lipinski definition) is 5. The number of hydrogen-bond donors (Lipinski definition) is 2. The second-order valence-corrected chi connectivity index (χ2v) is 8.93. The number of para-hydroxylation sites is 2. The lowest BCUT2D eigenvalue weighted by Gasteiger charge is -2.26. The van der Waals surface area contributed by atoms with Crippen LogP contribution in [0, 0.1) is 0 Å². The van der Waals surface area contributed by atoms with Gasteiger partial charge in [0.25, 0.3) is 0 Å². The smallest absolute Gasteiger partial charge is 0.231 e. The summed E-state index contributed by atoms with van der Waals surface area (Å²) >= 11 is 0. The quantitative estimate of drug-likeness (QED) is 0.472. The van der Waals surface area contributed by atoms with E-state index in [1.807, 2.05) is 18.2 Å². The Bertz CT molecular complexity index is 1140. The first kappa shape index (κ1) is 22.7. The number of morpholine rings is 1. The standard InChI is InChI=1S/C27H33N3O4/c1-2-19-6-3-7-20-23(17-29-26(19)20)22(21-8-4-9-24-27(21)34-18-33-24)16-25(31)28-10-5-11-30-12-14-32-15-13-30/h3-4,6-9,17,22,29H,2,5,10-16,18H2,1H3,(H,28,31). The third kappa shape index (κ3) is 4.76. The maximum absolute atomic E-state index is 13.1. The molecule has 5 rings (SSSR count). The third-order valence-electron chi connectivity index (χ3n) is 6.86. The molecule has 0 saturated carbocycles. The molecule has 7 nitrogen and oxygen atoms in total. The monoisotopic (exact) mass is 463 g/mol. The van der Waals surface area contributed by atoms with Crippen LogP contribution in [0.3, 0.4) is 0 Å². The van der Waals surface area contributed by atoms with E-state index < -0.39 is 0 Å². The van der Waals surface area contributed by atoms with Gasteiger partial charge < -0.3 is 24.5 Å². The second kappa shape index (κ2) is 10.5. The number of aromatic amines is 1. The van der Waals surface area contributed by atoms with Crippen molar-refractivity contribution in [1.29, 1.82) is 0 Å². The van der Waals surface area contributed by atoms with Crippen LogP contribution in [0.15, 0.2) is 42.6 Å². The Morgan fingerprint density at radius 2 is 1.97 bits per heavy atom. The van der Waals surface area contributed by atoms with Crippen LogP contribution in [0.25, 0.3) is 10.9 Å². The van der Waals surface area contributed by atoms with Gasteiger partial charge in [0.05, 0.1) is 13.2 Å². The number of rotatable bonds is 9. The number of carbonyl (C=O) groups is 1. The maximum Gasteiger partial charge on any atom is 0.231 e. The van der Waals surface area contributed by atoms with Crippen molar-refractivity contribution in [3.8, 4) is 11.5 Å². The zero-order valence-electron chi connectivity index (χ0n) is 19.8. The zero-order valence-corrected chi connectivity index (χ0v) is 19.8. The van der Waals surface area contributed by atoms with Crippen molar-refractivity contribution in [1.82, 2.24) is 15.2 Å². The van der Waals surface area contributed by atoms with Crippen molar-refractivity contribution < 1.29 is 19.0 Å². The summed E-state index contributed by atoms with van der Waals surface area (Å²) in [6, 6.07) is 12.3. The first-order valence-electron chi connectivity index (χ1n) is 12.3. The van der Waals surface area contributed by atoms with Crippen LogP contribution in [0.5, 0.6) is 11.5 Å². The van der Waals surface area contributed by atoms with Gasteiger partial charge in [0.2, 0.25) is 12.7 Å². The number of ether oxygens (including phenoxy) is 3. The van der Waals surface area contributed by atoms with Gasteiger partial charge in [0.15, 0.2) is 11.5 Å². The van der Waals surface area contributed by atoms with E-state index in [0.29, 0.717) is 13.0 Å². The second-order valence-electron chi connectivity index (χ2n) is 8.93. The first-order chi connectivity index (χ1) is 16.7. The molecule has 1 atom stereocenters. The van der Waals surface area contributed by atoms with Crippen LogP contribution in [-0.2, 0) is 16.0 Å². The van der Waals surface area contributed by atoms with Gasteiger partial charge in [-0.1, -0.05) is 37.3 Å². The van der Waals surface area contributed by atoms with Crippen molar-refractivity contribution in [2.45, 2.75) is 32.1 Å². The number of aromatic nitrogens is 1. The molecule has 7 heteroatoms. The molecular formula is C27H33N3O4. The summed E-state index contributed by atoms with van der Waals surface area (Å²) in [4.78, 5) is 19.0. The number of H-pyrrole nitrogens is 1. The molecule has 0 radical (unpaired) electrons. The average Bonchev–Trinajstić information content (AvgIpc) is 3.53. The van der Waals surface area contributed by atoms with E-state index >= 15 is 0 Å². The van der Waals surface area contributed by atoms with Crippen LogP contribution >= 0.6 is 0 Å². The van der Waals surface area contributed by atoms with Crippen molar-refractivity contribution >= 4 is 16.8 Å². The van der Waals surface area contributed by atoms with Gasteiger partial charge in [-0.15, -0.1) is 0 Å². The Morgan fingerprint density at radius 1 is 1.12 bits per heavy atom. The molecule has 0 bridgehead atoms. The number of amides is 1. The highest BCUT2D eigenvalue weighted by atomic mass is 16.7. The third-order valence-corrected chi connectivity index (χ3v) is 6.86. The molecular weight excluding hydrogens is 430 g/mol. The lowest BCUT2D eigenvalue weighted by molar-refractivity contribution is -0.121. The molecule has 1 amide bonds. The normalized spacial score (nSPS) is 16.6. The number of carbonyl (C=O) groups excluding carboxylic acids is 1. The van der Waals surface area contributed by atoms with Crippen LogP contribution in [0.1, 0.15) is 42.4 Å². The number of nitrogens with one attached hydrogen (secondary N) is 2. The molecule has 2 aromatic carbocycles. The molecule has 3 heterocycles. The number of benzene rings is 2. The highest BCUT2D eigenvalue weighted by Gasteiger charge is 2.28. The summed E-state index contributed by atoms with van der Waals surface area (Å²) in [6.45, 7) is 7.55. The Morgan fingerprint density at radius 3 is 2.82 bits per heavy atom. The van der Waals surface area contributed by atoms with Crippen LogP contribution in [0.4, 0.5) is 0 Å². The lowest BCUT2D eigenvalue weighted by atomic mass is 9.86. The Hall–Kier alpha value is -3.03. The van der Waals surface area contributed by atoms with E-state index in [9.17, 15) is 4.79 Å². The fraction of sp³-hybridized carbons (Fsp3) is 0.444. The van der Waals surface area contributed by atoms with Crippen molar-refractivity contribution in [2.24, 2.45) is 0 Å². The molecule has 1 saturated heterocycles. The molecule has 2 aliphatic heterocycles. The fourth-order valence-electron chi connectivity index (χ4n) is 5.05. The predicted octanol–water partition coefficient (Wildman–Crippen LogP) is 3.82. The topological polar surface area (TPSA) is 75.8 Å². The van der Waals surface area contributed by atoms with Crippen LogP contribution in [-0.4, -0.2) is 62.0 Å². The highest BCUT2D eigenvalue weighted by Crippen LogP contribution is 2.44.